The minimum atomic E-state index is 0.0709. The summed E-state index contributed by atoms with van der Waals surface area (Å²) < 4.78 is 1.99. The molecule has 1 saturated heterocycles. The first-order valence-corrected chi connectivity index (χ1v) is 12.0. The van der Waals surface area contributed by atoms with Gasteiger partial charge in [-0.25, -0.2) is 4.98 Å². The summed E-state index contributed by atoms with van der Waals surface area (Å²) in [6.07, 6.45) is 7.76. The lowest BCUT2D eigenvalue weighted by molar-refractivity contribution is 0.499. The average Bonchev–Trinajstić information content (AvgIpc) is 3.21. The Labute approximate surface area is 201 Å². The van der Waals surface area contributed by atoms with Gasteiger partial charge >= 0.3 is 0 Å². The largest absolute Gasteiger partial charge is 0.341 e. The number of nitrogens with one attached hydrogen (secondary N) is 1. The third-order valence-electron chi connectivity index (χ3n) is 6.85. The number of benzene rings is 1. The molecule has 0 aliphatic carbocycles. The van der Waals surface area contributed by atoms with Crippen LogP contribution in [0.2, 0.25) is 0 Å². The molecular weight excluding hydrogens is 422 g/mol. The van der Waals surface area contributed by atoms with E-state index in [2.05, 4.69) is 72.1 Å². The van der Waals surface area contributed by atoms with Crippen LogP contribution in [0.1, 0.15) is 56.2 Å². The average molecular weight is 456 g/mol. The number of rotatable bonds is 4. The molecule has 7 nitrogen and oxygen atoms in total. The topological polar surface area (TPSA) is 71.8 Å². The highest BCUT2D eigenvalue weighted by molar-refractivity contribution is 5.87. The number of aryl methyl sites for hydroxylation is 2. The molecule has 0 amide bonds. The molecule has 0 bridgehead atoms. The standard InChI is InChI=1S/C27H33N7/c1-18-8-9-21(27(2,3)4)15-22(18)30-25-23-24(29-17-33(23)5)31-26(32-25)34-13-10-19(11-14-34)20-7-6-12-28-16-20/h6-9,12,15-17,19H,10-11,13-14H2,1-5H3,(H,30,31,32). The van der Waals surface area contributed by atoms with Crippen LogP contribution in [0.15, 0.2) is 49.1 Å². The van der Waals surface area contributed by atoms with Crippen LogP contribution in [0.5, 0.6) is 0 Å². The van der Waals surface area contributed by atoms with Gasteiger partial charge in [-0.3, -0.25) is 4.98 Å². The van der Waals surface area contributed by atoms with Crippen molar-refractivity contribution in [3.05, 3.63) is 65.7 Å². The summed E-state index contributed by atoms with van der Waals surface area (Å²) in [7, 11) is 1.99. The van der Waals surface area contributed by atoms with Crippen molar-refractivity contribution < 1.29 is 0 Å². The number of hydrogen-bond acceptors (Lipinski definition) is 6. The molecule has 1 fully saturated rings. The van der Waals surface area contributed by atoms with Crippen LogP contribution in [0.4, 0.5) is 17.5 Å². The fourth-order valence-corrected chi connectivity index (χ4v) is 4.65. The highest BCUT2D eigenvalue weighted by atomic mass is 15.3. The monoisotopic (exact) mass is 455 g/mol. The van der Waals surface area contributed by atoms with E-state index in [1.165, 1.54) is 16.7 Å². The second-order valence-electron chi connectivity index (χ2n) is 10.4. The number of nitrogens with zero attached hydrogens (tertiary/aromatic N) is 6. The maximum absolute atomic E-state index is 5.01. The third-order valence-corrected chi connectivity index (χ3v) is 6.85. The van der Waals surface area contributed by atoms with E-state index in [1.54, 1.807) is 6.33 Å². The fourth-order valence-electron chi connectivity index (χ4n) is 4.65. The van der Waals surface area contributed by atoms with Crippen molar-refractivity contribution in [1.82, 2.24) is 24.5 Å². The molecule has 4 aromatic rings. The van der Waals surface area contributed by atoms with Gasteiger partial charge in [0.2, 0.25) is 5.95 Å². The number of aromatic nitrogens is 5. The summed E-state index contributed by atoms with van der Waals surface area (Å²) in [4.78, 5) is 21.0. The van der Waals surface area contributed by atoms with E-state index < -0.39 is 0 Å². The van der Waals surface area contributed by atoms with Crippen molar-refractivity contribution in [2.24, 2.45) is 7.05 Å². The van der Waals surface area contributed by atoms with Gasteiger partial charge in [0.1, 0.15) is 5.52 Å². The van der Waals surface area contributed by atoms with Crippen molar-refractivity contribution in [2.45, 2.75) is 51.9 Å². The van der Waals surface area contributed by atoms with Gasteiger partial charge in [0.25, 0.3) is 0 Å². The SMILES string of the molecule is Cc1ccc(C(C)(C)C)cc1Nc1nc(N2CCC(c3cccnc3)CC2)nc2ncn(C)c12. The lowest BCUT2D eigenvalue weighted by atomic mass is 9.86. The number of pyridine rings is 1. The van der Waals surface area contributed by atoms with Gasteiger partial charge in [0, 0.05) is 38.2 Å². The lowest BCUT2D eigenvalue weighted by Gasteiger charge is -2.32. The van der Waals surface area contributed by atoms with Crippen LogP contribution in [0.3, 0.4) is 0 Å². The lowest BCUT2D eigenvalue weighted by Crippen LogP contribution is -2.34. The van der Waals surface area contributed by atoms with Gasteiger partial charge < -0.3 is 14.8 Å². The van der Waals surface area contributed by atoms with Gasteiger partial charge in [0.05, 0.1) is 6.33 Å². The molecule has 0 atom stereocenters. The number of imidazole rings is 1. The molecular formula is C27H33N7. The number of hydrogen-bond donors (Lipinski definition) is 1. The summed E-state index contributed by atoms with van der Waals surface area (Å²) >= 11 is 0. The Balaban J connectivity index is 1.45. The molecule has 1 aliphatic heterocycles. The van der Waals surface area contributed by atoms with Gasteiger partial charge in [-0.1, -0.05) is 39.0 Å². The van der Waals surface area contributed by atoms with Crippen LogP contribution >= 0.6 is 0 Å². The summed E-state index contributed by atoms with van der Waals surface area (Å²) in [6, 6.07) is 10.8. The molecule has 5 rings (SSSR count). The van der Waals surface area contributed by atoms with E-state index in [4.69, 9.17) is 9.97 Å². The second-order valence-corrected chi connectivity index (χ2v) is 10.4. The second kappa shape index (κ2) is 8.70. The zero-order valence-electron chi connectivity index (χ0n) is 20.7. The molecule has 1 N–H and O–H groups in total. The smallest absolute Gasteiger partial charge is 0.229 e. The molecule has 0 spiro atoms. The van der Waals surface area contributed by atoms with Crippen LogP contribution in [-0.4, -0.2) is 37.6 Å². The van der Waals surface area contributed by atoms with Crippen LogP contribution in [-0.2, 0) is 12.5 Å². The van der Waals surface area contributed by atoms with Crippen molar-refractivity contribution in [3.63, 3.8) is 0 Å². The van der Waals surface area contributed by atoms with Crippen molar-refractivity contribution in [3.8, 4) is 0 Å². The van der Waals surface area contributed by atoms with E-state index in [1.807, 2.05) is 30.1 Å². The van der Waals surface area contributed by atoms with Gasteiger partial charge in [-0.15, -0.1) is 0 Å². The highest BCUT2D eigenvalue weighted by Gasteiger charge is 2.24. The van der Waals surface area contributed by atoms with E-state index in [0.29, 0.717) is 11.6 Å². The Morgan fingerprint density at radius 3 is 2.56 bits per heavy atom. The van der Waals surface area contributed by atoms with Crippen molar-refractivity contribution in [1.29, 1.82) is 0 Å². The molecule has 176 valence electrons. The Morgan fingerprint density at radius 2 is 1.85 bits per heavy atom. The molecule has 3 aromatic heterocycles. The normalized spacial score (nSPS) is 15.1. The number of piperidine rings is 1. The minimum Gasteiger partial charge on any atom is -0.341 e. The Morgan fingerprint density at radius 1 is 1.06 bits per heavy atom. The number of anilines is 3. The first-order valence-electron chi connectivity index (χ1n) is 12.0. The van der Waals surface area contributed by atoms with Crippen molar-refractivity contribution >= 4 is 28.6 Å². The molecule has 4 heterocycles. The molecule has 0 radical (unpaired) electrons. The maximum atomic E-state index is 5.01. The summed E-state index contributed by atoms with van der Waals surface area (Å²) in [5.74, 6) is 2.07. The van der Waals surface area contributed by atoms with E-state index in [0.717, 1.165) is 48.9 Å². The Kier molecular flexibility index (Phi) is 5.71. The molecule has 1 aliphatic rings. The molecule has 0 unspecified atom stereocenters. The predicted molar refractivity (Wildman–Crippen MR) is 138 cm³/mol. The molecule has 0 saturated carbocycles. The Hall–Kier alpha value is -3.48. The van der Waals surface area contributed by atoms with Gasteiger partial charge in [-0.05, 0) is 59.9 Å². The van der Waals surface area contributed by atoms with E-state index in [9.17, 15) is 0 Å². The predicted octanol–water partition coefficient (Wildman–Crippen LogP) is 5.49. The van der Waals surface area contributed by atoms with Gasteiger partial charge in [0.15, 0.2) is 11.5 Å². The molecule has 7 heteroatoms. The zero-order chi connectivity index (χ0) is 23.9. The van der Waals surface area contributed by atoms with E-state index >= 15 is 0 Å². The summed E-state index contributed by atoms with van der Waals surface area (Å²) in [6.45, 7) is 10.7. The molecule has 1 aromatic carbocycles. The summed E-state index contributed by atoms with van der Waals surface area (Å²) in [5.41, 5.74) is 6.55. The Bertz CT molecular complexity index is 1300. The quantitative estimate of drug-likeness (QED) is 0.439. The first kappa shape index (κ1) is 22.3. The van der Waals surface area contributed by atoms with Crippen LogP contribution in [0.25, 0.3) is 11.2 Å². The van der Waals surface area contributed by atoms with Crippen LogP contribution in [0, 0.1) is 6.92 Å². The van der Waals surface area contributed by atoms with Crippen LogP contribution < -0.4 is 10.2 Å². The fraction of sp³-hybridized carbons (Fsp3) is 0.407. The van der Waals surface area contributed by atoms with E-state index in [-0.39, 0.29) is 5.41 Å². The maximum Gasteiger partial charge on any atom is 0.229 e. The van der Waals surface area contributed by atoms with Gasteiger partial charge in [-0.2, -0.15) is 9.97 Å². The summed E-state index contributed by atoms with van der Waals surface area (Å²) in [5, 5.41) is 3.62. The molecule has 34 heavy (non-hydrogen) atoms. The first-order chi connectivity index (χ1) is 16.3. The van der Waals surface area contributed by atoms with Crippen molar-refractivity contribution in [2.75, 3.05) is 23.3 Å². The highest BCUT2D eigenvalue weighted by Crippen LogP contribution is 2.33. The third kappa shape index (κ3) is 4.34. The number of fused-ring (bicyclic) bond motifs is 1. The minimum absolute atomic E-state index is 0.0709. The zero-order valence-corrected chi connectivity index (χ0v) is 20.7.